The maximum absolute atomic E-state index is 13.4. The first kappa shape index (κ1) is 15.6. The molecule has 0 aliphatic heterocycles. The van der Waals surface area contributed by atoms with Crippen molar-refractivity contribution in [3.8, 4) is 0 Å². The van der Waals surface area contributed by atoms with Gasteiger partial charge in [0.15, 0.2) is 0 Å². The zero-order chi connectivity index (χ0) is 15.2. The fourth-order valence-electron chi connectivity index (χ4n) is 1.71. The van der Waals surface area contributed by atoms with Crippen LogP contribution in [0.5, 0.6) is 0 Å². The molecule has 1 amide bonds. The number of anilines is 1. The number of carbonyl (C=O) groups is 1. The molecule has 0 radical (unpaired) electrons. The van der Waals surface area contributed by atoms with E-state index in [1.165, 1.54) is 12.1 Å². The third-order valence-corrected chi connectivity index (χ3v) is 3.27. The van der Waals surface area contributed by atoms with Gasteiger partial charge in [-0.05, 0) is 30.3 Å². The van der Waals surface area contributed by atoms with Crippen LogP contribution in [0.4, 0.5) is 14.5 Å². The van der Waals surface area contributed by atoms with Crippen molar-refractivity contribution in [2.75, 3.05) is 11.9 Å². The van der Waals surface area contributed by atoms with Crippen molar-refractivity contribution < 1.29 is 13.6 Å². The molecular weight excluding hydrogens is 342 g/mol. The summed E-state index contributed by atoms with van der Waals surface area (Å²) in [6.45, 7) is 0.187. The predicted octanol–water partition coefficient (Wildman–Crippen LogP) is 3.46. The molecule has 0 aliphatic carbocycles. The fraction of sp³-hybridized carbons (Fsp3) is 0.133. The monoisotopic (exact) mass is 354 g/mol. The highest BCUT2D eigenvalue weighted by atomic mass is 79.9. The summed E-state index contributed by atoms with van der Waals surface area (Å²) in [5, 5.41) is 5.51. The Hall–Kier alpha value is -1.79. The highest BCUT2D eigenvalue weighted by Gasteiger charge is 2.05. The van der Waals surface area contributed by atoms with Crippen LogP contribution < -0.4 is 10.6 Å². The number of rotatable bonds is 5. The van der Waals surface area contributed by atoms with E-state index >= 15 is 0 Å². The smallest absolute Gasteiger partial charge is 0.238 e. The van der Waals surface area contributed by atoms with Crippen molar-refractivity contribution in [2.24, 2.45) is 0 Å². The molecule has 0 spiro atoms. The lowest BCUT2D eigenvalue weighted by atomic mass is 10.2. The van der Waals surface area contributed by atoms with E-state index in [2.05, 4.69) is 26.6 Å². The molecule has 0 fully saturated rings. The van der Waals surface area contributed by atoms with Gasteiger partial charge in [-0.2, -0.15) is 0 Å². The van der Waals surface area contributed by atoms with Gasteiger partial charge in [0.05, 0.1) is 6.54 Å². The van der Waals surface area contributed by atoms with Crippen LogP contribution in [0, 0.1) is 11.6 Å². The van der Waals surface area contributed by atoms with E-state index in [1.807, 2.05) is 12.1 Å². The molecule has 0 heterocycles. The number of hydrogen-bond donors (Lipinski definition) is 2. The summed E-state index contributed by atoms with van der Waals surface area (Å²) in [7, 11) is 0. The van der Waals surface area contributed by atoms with Crippen molar-refractivity contribution in [1.29, 1.82) is 0 Å². The van der Waals surface area contributed by atoms with Gasteiger partial charge in [-0.3, -0.25) is 4.79 Å². The van der Waals surface area contributed by atoms with Crippen LogP contribution in [-0.2, 0) is 11.3 Å². The van der Waals surface area contributed by atoms with Gasteiger partial charge in [0.1, 0.15) is 11.6 Å². The Morgan fingerprint density at radius 2 is 1.81 bits per heavy atom. The van der Waals surface area contributed by atoms with Crippen LogP contribution in [0.15, 0.2) is 46.9 Å². The molecule has 0 saturated heterocycles. The summed E-state index contributed by atoms with van der Waals surface area (Å²) >= 11 is 3.30. The summed E-state index contributed by atoms with van der Waals surface area (Å²) in [4.78, 5) is 11.7. The van der Waals surface area contributed by atoms with Crippen LogP contribution in [0.2, 0.25) is 0 Å². The Bertz CT molecular complexity index is 632. The number of halogens is 3. The molecule has 0 aromatic heterocycles. The van der Waals surface area contributed by atoms with E-state index < -0.39 is 11.6 Å². The molecule has 0 bridgehead atoms. The molecule has 3 nitrogen and oxygen atoms in total. The molecule has 0 saturated carbocycles. The number of hydrogen-bond acceptors (Lipinski definition) is 2. The third-order valence-electron chi connectivity index (χ3n) is 2.74. The number of benzene rings is 2. The lowest BCUT2D eigenvalue weighted by Gasteiger charge is -2.07. The van der Waals surface area contributed by atoms with Gasteiger partial charge in [0, 0.05) is 28.3 Å². The molecule has 2 N–H and O–H groups in total. The maximum atomic E-state index is 13.4. The van der Waals surface area contributed by atoms with E-state index in [9.17, 15) is 13.6 Å². The minimum Gasteiger partial charge on any atom is -0.325 e. The highest BCUT2D eigenvalue weighted by Crippen LogP contribution is 2.14. The van der Waals surface area contributed by atoms with Gasteiger partial charge in [0.2, 0.25) is 5.91 Å². The number of carbonyl (C=O) groups excluding carboxylic acids is 1. The third kappa shape index (κ3) is 4.91. The predicted molar refractivity (Wildman–Crippen MR) is 80.8 cm³/mol. The SMILES string of the molecule is O=C(CNCc1ccc(F)cc1F)Nc1ccc(Br)cc1. The standard InChI is InChI=1S/C15H13BrF2N2O/c16-11-2-5-13(6-3-11)20-15(21)9-19-8-10-1-4-12(17)7-14(10)18/h1-7,19H,8-9H2,(H,20,21). The number of nitrogens with one attached hydrogen (secondary N) is 2. The lowest BCUT2D eigenvalue weighted by molar-refractivity contribution is -0.115. The quantitative estimate of drug-likeness (QED) is 0.863. The second kappa shape index (κ2) is 7.28. The summed E-state index contributed by atoms with van der Waals surface area (Å²) < 4.78 is 27.0. The van der Waals surface area contributed by atoms with E-state index in [0.29, 0.717) is 11.3 Å². The highest BCUT2D eigenvalue weighted by molar-refractivity contribution is 9.10. The van der Waals surface area contributed by atoms with Crippen molar-refractivity contribution in [2.45, 2.75) is 6.54 Å². The van der Waals surface area contributed by atoms with Crippen LogP contribution >= 0.6 is 15.9 Å². The molecule has 110 valence electrons. The Balaban J connectivity index is 1.80. The second-order valence-corrected chi connectivity index (χ2v) is 5.31. The molecule has 0 atom stereocenters. The first-order valence-electron chi connectivity index (χ1n) is 6.24. The zero-order valence-electron chi connectivity index (χ0n) is 11.0. The van der Waals surface area contributed by atoms with Gasteiger partial charge in [-0.15, -0.1) is 0 Å². The van der Waals surface area contributed by atoms with Gasteiger partial charge in [0.25, 0.3) is 0 Å². The summed E-state index contributed by atoms with van der Waals surface area (Å²) in [6.07, 6.45) is 0. The van der Waals surface area contributed by atoms with Gasteiger partial charge in [-0.25, -0.2) is 8.78 Å². The normalized spacial score (nSPS) is 10.4. The van der Waals surface area contributed by atoms with Crippen molar-refractivity contribution in [3.63, 3.8) is 0 Å². The van der Waals surface area contributed by atoms with E-state index in [4.69, 9.17) is 0 Å². The van der Waals surface area contributed by atoms with Gasteiger partial charge in [-0.1, -0.05) is 22.0 Å². The van der Waals surface area contributed by atoms with Gasteiger partial charge < -0.3 is 10.6 Å². The summed E-state index contributed by atoms with van der Waals surface area (Å²) in [6, 6.07) is 10.5. The van der Waals surface area contributed by atoms with Crippen molar-refractivity contribution in [1.82, 2.24) is 5.32 Å². The van der Waals surface area contributed by atoms with E-state index in [0.717, 1.165) is 10.5 Å². The summed E-state index contributed by atoms with van der Waals surface area (Å²) in [5.74, 6) is -1.49. The Morgan fingerprint density at radius 1 is 1.10 bits per heavy atom. The first-order chi connectivity index (χ1) is 10.0. The second-order valence-electron chi connectivity index (χ2n) is 4.39. The van der Waals surface area contributed by atoms with Crippen LogP contribution in [-0.4, -0.2) is 12.5 Å². The topological polar surface area (TPSA) is 41.1 Å². The molecule has 21 heavy (non-hydrogen) atoms. The molecule has 0 aliphatic rings. The van der Waals surface area contributed by atoms with Crippen molar-refractivity contribution >= 4 is 27.5 Å². The summed E-state index contributed by atoms with van der Waals surface area (Å²) in [5.41, 5.74) is 0.991. The first-order valence-corrected chi connectivity index (χ1v) is 7.04. The van der Waals surface area contributed by atoms with Crippen molar-refractivity contribution in [3.05, 3.63) is 64.1 Å². The lowest BCUT2D eigenvalue weighted by Crippen LogP contribution is -2.28. The van der Waals surface area contributed by atoms with Crippen LogP contribution in [0.1, 0.15) is 5.56 Å². The Kier molecular flexibility index (Phi) is 5.41. The Labute approximate surface area is 129 Å². The van der Waals surface area contributed by atoms with E-state index in [-0.39, 0.29) is 19.0 Å². The largest absolute Gasteiger partial charge is 0.325 e. The average molecular weight is 355 g/mol. The average Bonchev–Trinajstić information content (AvgIpc) is 2.44. The molecule has 6 heteroatoms. The van der Waals surface area contributed by atoms with E-state index in [1.54, 1.807) is 12.1 Å². The number of amides is 1. The van der Waals surface area contributed by atoms with Crippen LogP contribution in [0.3, 0.4) is 0 Å². The molecule has 2 aromatic carbocycles. The molecular formula is C15H13BrF2N2O. The Morgan fingerprint density at radius 3 is 2.48 bits per heavy atom. The molecule has 0 unspecified atom stereocenters. The fourth-order valence-corrected chi connectivity index (χ4v) is 1.98. The zero-order valence-corrected chi connectivity index (χ0v) is 12.6. The van der Waals surface area contributed by atoms with Gasteiger partial charge >= 0.3 is 0 Å². The maximum Gasteiger partial charge on any atom is 0.238 e. The molecule has 2 aromatic rings. The molecule has 2 rings (SSSR count). The minimum absolute atomic E-state index is 0.0346. The van der Waals surface area contributed by atoms with Crippen LogP contribution in [0.25, 0.3) is 0 Å². The minimum atomic E-state index is -0.629.